The van der Waals surface area contributed by atoms with Gasteiger partial charge in [-0.3, -0.25) is 0 Å². The molecule has 3 heterocycles. The molecule has 0 saturated carbocycles. The van der Waals surface area contributed by atoms with Crippen molar-refractivity contribution in [3.8, 4) is 16.0 Å². The van der Waals surface area contributed by atoms with Gasteiger partial charge < -0.3 is 0 Å². The van der Waals surface area contributed by atoms with Gasteiger partial charge in [-0.15, -0.1) is 34.0 Å². The van der Waals surface area contributed by atoms with Crippen molar-refractivity contribution < 1.29 is 0 Å². The molecule has 0 amide bonds. The highest BCUT2D eigenvalue weighted by molar-refractivity contribution is 7.20. The van der Waals surface area contributed by atoms with E-state index in [2.05, 4.69) is 16.0 Å². The highest BCUT2D eigenvalue weighted by Gasteiger charge is 2.08. The summed E-state index contributed by atoms with van der Waals surface area (Å²) in [6, 6.07) is 6.26. The van der Waals surface area contributed by atoms with Crippen LogP contribution in [-0.2, 0) is 0 Å². The number of aromatic nitrogens is 2. The summed E-state index contributed by atoms with van der Waals surface area (Å²) in [5.74, 6) is 0. The molecule has 3 rings (SSSR count). The van der Waals surface area contributed by atoms with Gasteiger partial charge in [0, 0.05) is 16.5 Å². The van der Waals surface area contributed by atoms with E-state index in [0.717, 1.165) is 26.3 Å². The Morgan fingerprint density at radius 1 is 1.25 bits per heavy atom. The summed E-state index contributed by atoms with van der Waals surface area (Å²) in [7, 11) is 0. The number of hydrogen-bond acceptors (Lipinski definition) is 6. The van der Waals surface area contributed by atoms with Gasteiger partial charge in [-0.2, -0.15) is 5.26 Å². The summed E-state index contributed by atoms with van der Waals surface area (Å²) < 4.78 is 0. The van der Waals surface area contributed by atoms with Crippen LogP contribution >= 0.6 is 34.0 Å². The van der Waals surface area contributed by atoms with Gasteiger partial charge in [0.25, 0.3) is 0 Å². The Labute approximate surface area is 128 Å². The average Bonchev–Trinajstić information content (AvgIpc) is 3.16. The quantitative estimate of drug-likeness (QED) is 0.658. The van der Waals surface area contributed by atoms with E-state index in [-0.39, 0.29) is 0 Å². The highest BCUT2D eigenvalue weighted by atomic mass is 32.1. The smallest absolute Gasteiger partial charge is 0.134 e. The first kappa shape index (κ1) is 13.2. The van der Waals surface area contributed by atoms with Crippen molar-refractivity contribution >= 4 is 45.7 Å². The molecule has 3 nitrogen and oxygen atoms in total. The zero-order chi connectivity index (χ0) is 13.9. The molecule has 0 fully saturated rings. The molecular formula is C14H9N3S3. The summed E-state index contributed by atoms with van der Waals surface area (Å²) in [6.07, 6.45) is 1.80. The maximum Gasteiger partial charge on any atom is 0.134 e. The number of nitriles is 1. The normalized spacial score (nSPS) is 11.5. The lowest BCUT2D eigenvalue weighted by molar-refractivity contribution is 1.24. The maximum absolute atomic E-state index is 9.27. The molecule has 0 radical (unpaired) electrons. The molecule has 0 aliphatic rings. The maximum atomic E-state index is 9.27. The van der Waals surface area contributed by atoms with Crippen molar-refractivity contribution in [1.82, 2.24) is 9.97 Å². The van der Waals surface area contributed by atoms with Gasteiger partial charge in [0.15, 0.2) is 0 Å². The van der Waals surface area contributed by atoms with Gasteiger partial charge in [-0.05, 0) is 24.4 Å². The number of allylic oxidation sites excluding steroid dienone is 1. The lowest BCUT2D eigenvalue weighted by atomic mass is 10.2. The number of nitrogens with zero attached hydrogens (tertiary/aromatic N) is 3. The minimum Gasteiger partial charge on any atom is -0.241 e. The molecule has 3 aromatic heterocycles. The largest absolute Gasteiger partial charge is 0.241 e. The fraction of sp³-hybridized carbons (Fsp3) is 0.0714. The Morgan fingerprint density at radius 3 is 2.80 bits per heavy atom. The monoisotopic (exact) mass is 315 g/mol. The first-order valence-electron chi connectivity index (χ1n) is 5.80. The van der Waals surface area contributed by atoms with Crippen LogP contribution in [0.15, 0.2) is 28.3 Å². The van der Waals surface area contributed by atoms with Crippen LogP contribution in [0.4, 0.5) is 0 Å². The molecular weight excluding hydrogens is 306 g/mol. The number of rotatable bonds is 3. The molecule has 6 heteroatoms. The van der Waals surface area contributed by atoms with Crippen LogP contribution in [0, 0.1) is 18.3 Å². The summed E-state index contributed by atoms with van der Waals surface area (Å²) in [5.41, 5.74) is 2.30. The van der Waals surface area contributed by atoms with Gasteiger partial charge in [0.1, 0.15) is 16.1 Å². The molecule has 98 valence electrons. The Morgan fingerprint density at radius 2 is 2.15 bits per heavy atom. The number of aryl methyl sites for hydroxylation is 1. The molecule has 0 aromatic carbocycles. The first-order valence-corrected chi connectivity index (χ1v) is 8.44. The zero-order valence-electron chi connectivity index (χ0n) is 10.5. The molecule has 0 N–H and O–H groups in total. The van der Waals surface area contributed by atoms with Crippen molar-refractivity contribution in [3.05, 3.63) is 44.7 Å². The molecule has 0 atom stereocenters. The molecule has 0 bridgehead atoms. The van der Waals surface area contributed by atoms with Gasteiger partial charge in [0.2, 0.25) is 0 Å². The third-order valence-electron chi connectivity index (χ3n) is 2.52. The number of thiazole rings is 2. The second kappa shape index (κ2) is 5.67. The van der Waals surface area contributed by atoms with E-state index in [0.29, 0.717) is 5.57 Å². The van der Waals surface area contributed by atoms with Crippen molar-refractivity contribution in [2.45, 2.75) is 6.92 Å². The van der Waals surface area contributed by atoms with E-state index >= 15 is 0 Å². The lowest BCUT2D eigenvalue weighted by Crippen LogP contribution is -1.81. The van der Waals surface area contributed by atoms with Crippen molar-refractivity contribution in [2.75, 3.05) is 0 Å². The second-order valence-electron chi connectivity index (χ2n) is 4.02. The fourth-order valence-corrected chi connectivity index (χ4v) is 3.99. The first-order chi connectivity index (χ1) is 9.76. The van der Waals surface area contributed by atoms with Crippen molar-refractivity contribution in [2.24, 2.45) is 0 Å². The van der Waals surface area contributed by atoms with E-state index in [1.54, 1.807) is 28.7 Å². The summed E-state index contributed by atoms with van der Waals surface area (Å²) in [4.78, 5) is 10.0. The molecule has 0 spiro atoms. The molecule has 0 aliphatic carbocycles. The Bertz CT molecular complexity index is 788. The van der Waals surface area contributed by atoms with Gasteiger partial charge >= 0.3 is 0 Å². The Kier molecular flexibility index (Phi) is 3.74. The van der Waals surface area contributed by atoms with Crippen LogP contribution in [0.2, 0.25) is 0 Å². The topological polar surface area (TPSA) is 49.6 Å². The van der Waals surface area contributed by atoms with Crippen LogP contribution in [0.25, 0.3) is 21.5 Å². The van der Waals surface area contributed by atoms with Gasteiger partial charge in [0.05, 0.1) is 16.1 Å². The number of hydrogen-bond donors (Lipinski definition) is 0. The summed E-state index contributed by atoms with van der Waals surface area (Å²) >= 11 is 4.74. The highest BCUT2D eigenvalue weighted by Crippen LogP contribution is 2.29. The standard InChI is InChI=1S/C14H9N3S3/c1-9-7-19-13(16-9)10(6-15)5-11-8-20-14(17-11)12-3-2-4-18-12/h2-5,7-8H,1H3/b10-5-. The summed E-state index contributed by atoms with van der Waals surface area (Å²) in [5, 5.41) is 16.9. The van der Waals surface area contributed by atoms with E-state index in [9.17, 15) is 5.26 Å². The zero-order valence-corrected chi connectivity index (χ0v) is 13.0. The van der Waals surface area contributed by atoms with Crippen LogP contribution in [0.1, 0.15) is 16.4 Å². The van der Waals surface area contributed by atoms with E-state index in [4.69, 9.17) is 0 Å². The third-order valence-corrected chi connectivity index (χ3v) is 5.41. The minimum atomic E-state index is 0.561. The van der Waals surface area contributed by atoms with Crippen LogP contribution < -0.4 is 0 Å². The molecule has 20 heavy (non-hydrogen) atoms. The molecule has 0 aliphatic heterocycles. The number of thiophene rings is 1. The van der Waals surface area contributed by atoms with E-state index < -0.39 is 0 Å². The summed E-state index contributed by atoms with van der Waals surface area (Å²) in [6.45, 7) is 1.92. The van der Waals surface area contributed by atoms with Crippen molar-refractivity contribution in [3.63, 3.8) is 0 Å². The van der Waals surface area contributed by atoms with Gasteiger partial charge in [-0.25, -0.2) is 9.97 Å². The van der Waals surface area contributed by atoms with Crippen LogP contribution in [0.3, 0.4) is 0 Å². The average molecular weight is 315 g/mol. The predicted octanol–water partition coefficient (Wildman–Crippen LogP) is 4.70. The van der Waals surface area contributed by atoms with Crippen LogP contribution in [-0.4, -0.2) is 9.97 Å². The van der Waals surface area contributed by atoms with Crippen molar-refractivity contribution in [1.29, 1.82) is 5.26 Å². The predicted molar refractivity (Wildman–Crippen MR) is 85.8 cm³/mol. The Balaban J connectivity index is 1.93. The third kappa shape index (κ3) is 2.70. The van der Waals surface area contributed by atoms with E-state index in [1.165, 1.54) is 11.3 Å². The lowest BCUT2D eigenvalue weighted by Gasteiger charge is -1.91. The van der Waals surface area contributed by atoms with Crippen LogP contribution in [0.5, 0.6) is 0 Å². The SMILES string of the molecule is Cc1csc(/C(C#N)=C\c2csc(-c3cccs3)n2)n1. The molecule has 3 aromatic rings. The van der Waals surface area contributed by atoms with Gasteiger partial charge in [-0.1, -0.05) is 6.07 Å². The fourth-order valence-electron chi connectivity index (χ4n) is 1.63. The minimum absolute atomic E-state index is 0.561. The molecule has 0 unspecified atom stereocenters. The Hall–Kier alpha value is -1.81. The van der Waals surface area contributed by atoms with E-state index in [1.807, 2.05) is 35.2 Å². The molecule has 0 saturated heterocycles. The second-order valence-corrected chi connectivity index (χ2v) is 6.68.